The van der Waals surface area contributed by atoms with Crippen LogP contribution in [0.25, 0.3) is 0 Å². The standard InChI is InChI=1S/C10H18N4O/c1-8-13-5-7-14(8)6-4-10(2,12-3)9(11)15/h5,7,12H,4,6H2,1-3H3,(H2,11,15). The number of amides is 1. The van der Waals surface area contributed by atoms with E-state index in [0.29, 0.717) is 6.42 Å². The predicted molar refractivity (Wildman–Crippen MR) is 58.2 cm³/mol. The Labute approximate surface area is 89.7 Å². The molecule has 0 saturated heterocycles. The smallest absolute Gasteiger partial charge is 0.237 e. The van der Waals surface area contributed by atoms with Gasteiger partial charge < -0.3 is 15.6 Å². The number of nitrogens with two attached hydrogens (primary N) is 1. The fourth-order valence-corrected chi connectivity index (χ4v) is 1.36. The van der Waals surface area contributed by atoms with Gasteiger partial charge in [-0.1, -0.05) is 0 Å². The quantitative estimate of drug-likeness (QED) is 0.721. The van der Waals surface area contributed by atoms with Gasteiger partial charge in [-0.2, -0.15) is 0 Å². The highest BCUT2D eigenvalue weighted by Gasteiger charge is 2.28. The van der Waals surface area contributed by atoms with Gasteiger partial charge in [0.25, 0.3) is 0 Å². The van der Waals surface area contributed by atoms with Crippen LogP contribution in [0.15, 0.2) is 12.4 Å². The highest BCUT2D eigenvalue weighted by Crippen LogP contribution is 2.10. The van der Waals surface area contributed by atoms with Crippen molar-refractivity contribution < 1.29 is 4.79 Å². The summed E-state index contributed by atoms with van der Waals surface area (Å²) in [5.74, 6) is 0.612. The van der Waals surface area contributed by atoms with Gasteiger partial charge in [0.1, 0.15) is 5.82 Å². The van der Waals surface area contributed by atoms with Crippen LogP contribution in [-0.4, -0.2) is 28.0 Å². The van der Waals surface area contributed by atoms with Crippen LogP contribution in [0.1, 0.15) is 19.2 Å². The van der Waals surface area contributed by atoms with Crippen LogP contribution in [0.3, 0.4) is 0 Å². The van der Waals surface area contributed by atoms with Gasteiger partial charge in [-0.05, 0) is 27.3 Å². The summed E-state index contributed by atoms with van der Waals surface area (Å²) in [4.78, 5) is 15.3. The Morgan fingerprint density at radius 1 is 1.73 bits per heavy atom. The minimum Gasteiger partial charge on any atom is -0.368 e. The number of likely N-dealkylation sites (N-methyl/N-ethyl adjacent to an activating group) is 1. The maximum Gasteiger partial charge on any atom is 0.237 e. The molecule has 0 bridgehead atoms. The van der Waals surface area contributed by atoms with E-state index in [9.17, 15) is 4.79 Å². The first kappa shape index (κ1) is 11.7. The second kappa shape index (κ2) is 4.44. The van der Waals surface area contributed by atoms with Crippen molar-refractivity contribution in [1.29, 1.82) is 0 Å². The predicted octanol–water partition coefficient (Wildman–Crippen LogP) is 0.0450. The third-order valence-electron chi connectivity index (χ3n) is 2.87. The molecule has 1 aromatic heterocycles. The van der Waals surface area contributed by atoms with E-state index in [1.807, 2.05) is 24.6 Å². The van der Waals surface area contributed by atoms with Crippen molar-refractivity contribution in [3.8, 4) is 0 Å². The average molecular weight is 210 g/mol. The molecule has 1 unspecified atom stereocenters. The number of primary amides is 1. The zero-order valence-corrected chi connectivity index (χ0v) is 9.45. The van der Waals surface area contributed by atoms with Crippen LogP contribution in [0.5, 0.6) is 0 Å². The van der Waals surface area contributed by atoms with Crippen molar-refractivity contribution in [2.75, 3.05) is 7.05 Å². The van der Waals surface area contributed by atoms with Gasteiger partial charge in [-0.25, -0.2) is 4.98 Å². The number of nitrogens with one attached hydrogen (secondary N) is 1. The van der Waals surface area contributed by atoms with Crippen LogP contribution in [-0.2, 0) is 11.3 Å². The third kappa shape index (κ3) is 2.56. The van der Waals surface area contributed by atoms with Gasteiger partial charge in [0, 0.05) is 18.9 Å². The molecule has 1 atom stereocenters. The summed E-state index contributed by atoms with van der Waals surface area (Å²) in [7, 11) is 1.74. The molecule has 1 rings (SSSR count). The molecule has 0 aliphatic carbocycles. The van der Waals surface area contributed by atoms with Gasteiger partial charge in [0.05, 0.1) is 5.54 Å². The Hall–Kier alpha value is -1.36. The maximum atomic E-state index is 11.2. The summed E-state index contributed by atoms with van der Waals surface area (Å²) in [6, 6.07) is 0. The Bertz CT molecular complexity index is 347. The lowest BCUT2D eigenvalue weighted by Gasteiger charge is -2.25. The topological polar surface area (TPSA) is 72.9 Å². The fraction of sp³-hybridized carbons (Fsp3) is 0.600. The number of rotatable bonds is 5. The molecule has 3 N–H and O–H groups in total. The number of imidazole rings is 1. The van der Waals surface area contributed by atoms with Gasteiger partial charge in [0.2, 0.25) is 5.91 Å². The Balaban J connectivity index is 2.63. The summed E-state index contributed by atoms with van der Waals surface area (Å²) in [6.45, 7) is 4.47. The van der Waals surface area contributed by atoms with Crippen LogP contribution in [0.4, 0.5) is 0 Å². The van der Waals surface area contributed by atoms with Gasteiger partial charge >= 0.3 is 0 Å². The molecule has 1 amide bonds. The maximum absolute atomic E-state index is 11.2. The summed E-state index contributed by atoms with van der Waals surface area (Å²) in [6.07, 6.45) is 4.29. The number of aromatic nitrogens is 2. The second-order valence-corrected chi connectivity index (χ2v) is 3.86. The number of hydrogen-bond donors (Lipinski definition) is 2. The SMILES string of the molecule is CNC(C)(CCn1ccnc1C)C(N)=O. The van der Waals surface area contributed by atoms with Crippen molar-refractivity contribution >= 4 is 5.91 Å². The van der Waals surface area contributed by atoms with Gasteiger partial charge in [-0.15, -0.1) is 0 Å². The van der Waals surface area contributed by atoms with E-state index < -0.39 is 5.54 Å². The normalized spacial score (nSPS) is 14.9. The molecule has 1 heterocycles. The number of carbonyl (C=O) groups excluding carboxylic acids is 1. The molecule has 1 aromatic rings. The van der Waals surface area contributed by atoms with Crippen LogP contribution < -0.4 is 11.1 Å². The Morgan fingerprint density at radius 3 is 2.80 bits per heavy atom. The molecular weight excluding hydrogens is 192 g/mol. The second-order valence-electron chi connectivity index (χ2n) is 3.86. The van der Waals surface area contributed by atoms with E-state index in [2.05, 4.69) is 10.3 Å². The molecule has 5 heteroatoms. The number of aryl methyl sites for hydroxylation is 2. The molecular formula is C10H18N4O. The molecule has 0 aliphatic rings. The lowest BCUT2D eigenvalue weighted by atomic mass is 9.97. The first-order valence-electron chi connectivity index (χ1n) is 4.96. The molecule has 0 fully saturated rings. The minimum atomic E-state index is -0.656. The zero-order valence-electron chi connectivity index (χ0n) is 9.45. The minimum absolute atomic E-state index is 0.331. The number of hydrogen-bond acceptors (Lipinski definition) is 3. The molecule has 84 valence electrons. The summed E-state index contributed by atoms with van der Waals surface area (Å²) in [5.41, 5.74) is 4.68. The summed E-state index contributed by atoms with van der Waals surface area (Å²) >= 11 is 0. The Kier molecular flexibility index (Phi) is 3.47. The zero-order chi connectivity index (χ0) is 11.5. The van der Waals surface area contributed by atoms with Crippen molar-refractivity contribution in [2.45, 2.75) is 32.4 Å². The van der Waals surface area contributed by atoms with Crippen molar-refractivity contribution in [1.82, 2.24) is 14.9 Å². The molecule has 0 radical (unpaired) electrons. The fourth-order valence-electron chi connectivity index (χ4n) is 1.36. The molecule has 0 aliphatic heterocycles. The van der Waals surface area contributed by atoms with E-state index in [-0.39, 0.29) is 5.91 Å². The van der Waals surface area contributed by atoms with Gasteiger partial charge in [-0.3, -0.25) is 4.79 Å². The van der Waals surface area contributed by atoms with E-state index >= 15 is 0 Å². The average Bonchev–Trinajstić information content (AvgIpc) is 2.60. The molecule has 0 spiro atoms. The Morgan fingerprint density at radius 2 is 2.40 bits per heavy atom. The van der Waals surface area contributed by atoms with Crippen LogP contribution >= 0.6 is 0 Å². The highest BCUT2D eigenvalue weighted by molar-refractivity contribution is 5.84. The lowest BCUT2D eigenvalue weighted by molar-refractivity contribution is -0.123. The largest absolute Gasteiger partial charge is 0.368 e. The van der Waals surface area contributed by atoms with E-state index in [1.165, 1.54) is 0 Å². The summed E-state index contributed by atoms with van der Waals surface area (Å²) in [5, 5.41) is 2.95. The van der Waals surface area contributed by atoms with Crippen molar-refractivity contribution in [3.05, 3.63) is 18.2 Å². The first-order valence-corrected chi connectivity index (χ1v) is 4.96. The molecule has 0 saturated carbocycles. The molecule has 5 nitrogen and oxygen atoms in total. The highest BCUT2D eigenvalue weighted by atomic mass is 16.1. The van der Waals surface area contributed by atoms with Crippen LogP contribution in [0.2, 0.25) is 0 Å². The first-order chi connectivity index (χ1) is 6.99. The van der Waals surface area contributed by atoms with E-state index in [1.54, 1.807) is 13.2 Å². The monoisotopic (exact) mass is 210 g/mol. The van der Waals surface area contributed by atoms with Crippen LogP contribution in [0, 0.1) is 6.92 Å². The lowest BCUT2D eigenvalue weighted by Crippen LogP contribution is -2.52. The number of carbonyl (C=O) groups is 1. The van der Waals surface area contributed by atoms with Crippen molar-refractivity contribution in [2.24, 2.45) is 5.73 Å². The molecule has 15 heavy (non-hydrogen) atoms. The summed E-state index contributed by atoms with van der Waals surface area (Å²) < 4.78 is 2.00. The van der Waals surface area contributed by atoms with E-state index in [4.69, 9.17) is 5.73 Å². The number of nitrogens with zero attached hydrogens (tertiary/aromatic N) is 2. The van der Waals surface area contributed by atoms with Crippen molar-refractivity contribution in [3.63, 3.8) is 0 Å². The molecule has 0 aromatic carbocycles. The van der Waals surface area contributed by atoms with E-state index in [0.717, 1.165) is 12.4 Å². The third-order valence-corrected chi connectivity index (χ3v) is 2.87. The van der Waals surface area contributed by atoms with Gasteiger partial charge in [0.15, 0.2) is 0 Å².